The van der Waals surface area contributed by atoms with Crippen LogP contribution in [0.1, 0.15) is 23.8 Å². The SMILES string of the molecule is Cc1ccc(C)c(-c2cc(NC(=O)CN3C(=O)NC(C)(c4ccco4)C3=O)n(-c3ccccc3)n2)c1. The number of carbonyl (C=O) groups is 3. The van der Waals surface area contributed by atoms with Crippen LogP contribution in [-0.2, 0) is 15.1 Å². The van der Waals surface area contributed by atoms with Crippen molar-refractivity contribution in [2.75, 3.05) is 11.9 Å². The summed E-state index contributed by atoms with van der Waals surface area (Å²) in [6.45, 7) is 5.10. The quantitative estimate of drug-likeness (QED) is 0.401. The summed E-state index contributed by atoms with van der Waals surface area (Å²) < 4.78 is 6.97. The van der Waals surface area contributed by atoms with Crippen LogP contribution in [0.4, 0.5) is 10.6 Å². The van der Waals surface area contributed by atoms with E-state index in [1.807, 2.05) is 62.4 Å². The van der Waals surface area contributed by atoms with Crippen LogP contribution in [-0.4, -0.2) is 39.1 Å². The van der Waals surface area contributed by atoms with Crippen LogP contribution in [0.25, 0.3) is 16.9 Å². The number of hydrogen-bond donors (Lipinski definition) is 2. The maximum absolute atomic E-state index is 13.1. The lowest BCUT2D eigenvalue weighted by atomic mass is 9.99. The molecular formula is C27H25N5O4. The smallest absolute Gasteiger partial charge is 0.325 e. The highest BCUT2D eigenvalue weighted by atomic mass is 16.3. The third-order valence-electron chi connectivity index (χ3n) is 6.24. The highest BCUT2D eigenvalue weighted by Gasteiger charge is 2.51. The van der Waals surface area contributed by atoms with E-state index in [-0.39, 0.29) is 0 Å². The minimum Gasteiger partial charge on any atom is -0.466 e. The van der Waals surface area contributed by atoms with Gasteiger partial charge in [0.25, 0.3) is 5.91 Å². The first-order chi connectivity index (χ1) is 17.3. The Morgan fingerprint density at radius 2 is 1.83 bits per heavy atom. The van der Waals surface area contributed by atoms with E-state index in [0.717, 1.165) is 27.3 Å². The number of hydrogen-bond acceptors (Lipinski definition) is 5. The Morgan fingerprint density at radius 3 is 2.56 bits per heavy atom. The molecular weight excluding hydrogens is 458 g/mol. The predicted octanol–water partition coefficient (Wildman–Crippen LogP) is 4.15. The molecule has 0 radical (unpaired) electrons. The number of furan rings is 1. The highest BCUT2D eigenvalue weighted by molar-refractivity contribution is 6.10. The zero-order valence-corrected chi connectivity index (χ0v) is 20.1. The van der Waals surface area contributed by atoms with Crippen molar-refractivity contribution >= 4 is 23.7 Å². The molecule has 3 heterocycles. The molecule has 9 nitrogen and oxygen atoms in total. The summed E-state index contributed by atoms with van der Waals surface area (Å²) >= 11 is 0. The summed E-state index contributed by atoms with van der Waals surface area (Å²) in [7, 11) is 0. The van der Waals surface area contributed by atoms with Crippen LogP contribution in [0.5, 0.6) is 0 Å². The second-order valence-corrected chi connectivity index (χ2v) is 8.95. The lowest BCUT2D eigenvalue weighted by molar-refractivity contribution is -0.134. The van der Waals surface area contributed by atoms with Crippen molar-refractivity contribution in [2.45, 2.75) is 26.3 Å². The number of carbonyl (C=O) groups excluding carboxylic acids is 3. The fourth-order valence-electron chi connectivity index (χ4n) is 4.28. The third-order valence-corrected chi connectivity index (χ3v) is 6.24. The van der Waals surface area contributed by atoms with E-state index < -0.39 is 29.9 Å². The van der Waals surface area contributed by atoms with Crippen LogP contribution in [0, 0.1) is 13.8 Å². The normalized spacial score (nSPS) is 17.4. The van der Waals surface area contributed by atoms with Crippen molar-refractivity contribution in [1.29, 1.82) is 0 Å². The molecule has 2 aromatic heterocycles. The van der Waals surface area contributed by atoms with Gasteiger partial charge >= 0.3 is 6.03 Å². The lowest BCUT2D eigenvalue weighted by Gasteiger charge is -2.18. The largest absolute Gasteiger partial charge is 0.466 e. The molecule has 2 aromatic carbocycles. The Kier molecular flexibility index (Phi) is 5.68. The molecule has 5 rings (SSSR count). The molecule has 182 valence electrons. The van der Waals surface area contributed by atoms with Gasteiger partial charge in [-0.3, -0.25) is 14.5 Å². The molecule has 9 heteroatoms. The van der Waals surface area contributed by atoms with Crippen molar-refractivity contribution in [1.82, 2.24) is 20.0 Å². The van der Waals surface area contributed by atoms with Gasteiger partial charge in [0.1, 0.15) is 18.1 Å². The average Bonchev–Trinajstić information content (AvgIpc) is 3.59. The van der Waals surface area contributed by atoms with Crippen LogP contribution in [0.2, 0.25) is 0 Å². The van der Waals surface area contributed by atoms with Gasteiger partial charge in [0.2, 0.25) is 5.91 Å². The van der Waals surface area contributed by atoms with Crippen LogP contribution < -0.4 is 10.6 Å². The molecule has 0 saturated carbocycles. The number of nitrogens with zero attached hydrogens (tertiary/aromatic N) is 3. The van der Waals surface area contributed by atoms with Crippen molar-refractivity contribution < 1.29 is 18.8 Å². The average molecular weight is 484 g/mol. The monoisotopic (exact) mass is 483 g/mol. The van der Waals surface area contributed by atoms with Gasteiger partial charge in [-0.25, -0.2) is 9.48 Å². The van der Waals surface area contributed by atoms with E-state index in [1.54, 1.807) is 29.8 Å². The number of anilines is 1. The summed E-state index contributed by atoms with van der Waals surface area (Å²) in [5.74, 6) is -0.385. The Hall–Kier alpha value is -4.66. The Morgan fingerprint density at radius 1 is 1.06 bits per heavy atom. The van der Waals surface area contributed by atoms with Crippen molar-refractivity contribution in [3.05, 3.63) is 89.9 Å². The molecule has 4 aromatic rings. The molecule has 36 heavy (non-hydrogen) atoms. The fourth-order valence-corrected chi connectivity index (χ4v) is 4.28. The van der Waals surface area contributed by atoms with Crippen molar-refractivity contribution in [3.8, 4) is 16.9 Å². The summed E-state index contributed by atoms with van der Waals surface area (Å²) in [4.78, 5) is 39.6. The van der Waals surface area contributed by atoms with E-state index in [2.05, 4.69) is 10.6 Å². The van der Waals surface area contributed by atoms with Gasteiger partial charge < -0.3 is 15.1 Å². The number of aryl methyl sites for hydroxylation is 2. The maximum Gasteiger partial charge on any atom is 0.325 e. The third kappa shape index (κ3) is 4.04. The molecule has 2 N–H and O–H groups in total. The summed E-state index contributed by atoms with van der Waals surface area (Å²) in [5.41, 5.74) is 3.16. The number of imide groups is 1. The summed E-state index contributed by atoms with van der Waals surface area (Å²) in [5, 5.41) is 10.2. The van der Waals surface area contributed by atoms with Gasteiger partial charge in [0.05, 0.1) is 17.6 Å². The molecule has 1 fully saturated rings. The van der Waals surface area contributed by atoms with Gasteiger partial charge in [-0.15, -0.1) is 0 Å². The number of benzene rings is 2. The van der Waals surface area contributed by atoms with Crippen LogP contribution in [0.15, 0.2) is 77.4 Å². The molecule has 1 aliphatic heterocycles. The molecule has 0 spiro atoms. The Balaban J connectivity index is 1.43. The van der Waals surface area contributed by atoms with E-state index in [0.29, 0.717) is 17.3 Å². The topological polar surface area (TPSA) is 109 Å². The van der Waals surface area contributed by atoms with E-state index in [4.69, 9.17) is 9.52 Å². The second-order valence-electron chi connectivity index (χ2n) is 8.95. The van der Waals surface area contributed by atoms with Crippen LogP contribution >= 0.6 is 0 Å². The number of para-hydroxylation sites is 1. The molecule has 1 saturated heterocycles. The Bertz CT molecular complexity index is 1460. The molecule has 4 amide bonds. The number of nitrogens with one attached hydrogen (secondary N) is 2. The van der Waals surface area contributed by atoms with Gasteiger partial charge in [0, 0.05) is 11.6 Å². The molecule has 1 aliphatic rings. The molecule has 1 unspecified atom stereocenters. The van der Waals surface area contributed by atoms with Gasteiger partial charge in [-0.2, -0.15) is 5.10 Å². The number of amides is 4. The first kappa shape index (κ1) is 23.1. The Labute approximate surface area is 207 Å². The van der Waals surface area contributed by atoms with Crippen LogP contribution in [0.3, 0.4) is 0 Å². The molecule has 0 bridgehead atoms. The van der Waals surface area contributed by atoms with E-state index in [1.165, 1.54) is 6.26 Å². The lowest BCUT2D eigenvalue weighted by Crippen LogP contribution is -2.42. The highest BCUT2D eigenvalue weighted by Crippen LogP contribution is 2.30. The van der Waals surface area contributed by atoms with Crippen molar-refractivity contribution in [2.24, 2.45) is 0 Å². The minimum absolute atomic E-state index is 0.295. The molecule has 1 atom stereocenters. The van der Waals surface area contributed by atoms with Crippen molar-refractivity contribution in [3.63, 3.8) is 0 Å². The van der Waals surface area contributed by atoms with Gasteiger partial charge in [-0.05, 0) is 56.7 Å². The molecule has 0 aliphatic carbocycles. The first-order valence-electron chi connectivity index (χ1n) is 11.5. The zero-order chi connectivity index (χ0) is 25.4. The number of urea groups is 1. The van der Waals surface area contributed by atoms with Gasteiger partial charge in [0.15, 0.2) is 5.54 Å². The fraction of sp³-hybridized carbons (Fsp3) is 0.185. The first-order valence-corrected chi connectivity index (χ1v) is 11.5. The number of aromatic nitrogens is 2. The number of rotatable bonds is 6. The maximum atomic E-state index is 13.1. The minimum atomic E-state index is -1.37. The zero-order valence-electron chi connectivity index (χ0n) is 20.1. The van der Waals surface area contributed by atoms with E-state index in [9.17, 15) is 14.4 Å². The summed E-state index contributed by atoms with van der Waals surface area (Å²) in [6, 6.07) is 19.9. The predicted molar refractivity (Wildman–Crippen MR) is 133 cm³/mol. The second kappa shape index (κ2) is 8.84. The summed E-state index contributed by atoms with van der Waals surface area (Å²) in [6.07, 6.45) is 1.42. The van der Waals surface area contributed by atoms with E-state index >= 15 is 0 Å². The van der Waals surface area contributed by atoms with Gasteiger partial charge in [-0.1, -0.05) is 35.9 Å². The standard InChI is InChI=1S/C27H25N5O4/c1-17-11-12-18(2)20(14-17)21-15-23(32(30-21)19-8-5-4-6-9-19)28-24(33)16-31-25(34)27(3,29-26(31)35)22-10-7-13-36-22/h4-15H,16H2,1-3H3,(H,28,33)(H,29,35).